The zero-order valence-corrected chi connectivity index (χ0v) is 15.3. The molecule has 1 unspecified atom stereocenters. The Kier molecular flexibility index (Phi) is 4.91. The van der Waals surface area contributed by atoms with E-state index in [0.717, 1.165) is 43.1 Å². The van der Waals surface area contributed by atoms with E-state index in [2.05, 4.69) is 32.4 Å². The molecule has 0 fully saturated rings. The van der Waals surface area contributed by atoms with Gasteiger partial charge in [-0.05, 0) is 19.3 Å². The molecular formula is C20H22N6O. The number of hydrogen-bond acceptors (Lipinski definition) is 6. The molecule has 0 saturated carbocycles. The van der Waals surface area contributed by atoms with Gasteiger partial charge in [-0.15, -0.1) is 10.2 Å². The van der Waals surface area contributed by atoms with Gasteiger partial charge in [-0.1, -0.05) is 37.3 Å². The highest BCUT2D eigenvalue weighted by molar-refractivity contribution is 5.97. The molecular weight excluding hydrogens is 340 g/mol. The monoisotopic (exact) mass is 362 g/mol. The van der Waals surface area contributed by atoms with Crippen LogP contribution in [-0.2, 0) is 6.42 Å². The van der Waals surface area contributed by atoms with E-state index in [1.807, 2.05) is 34.9 Å². The van der Waals surface area contributed by atoms with Crippen LogP contribution in [0.2, 0.25) is 0 Å². The van der Waals surface area contributed by atoms with Crippen LogP contribution in [0.1, 0.15) is 54.1 Å². The number of anilines is 1. The Morgan fingerprint density at radius 1 is 1.30 bits per heavy atom. The number of nitrogens with zero attached hydrogens (tertiary/aromatic N) is 5. The summed E-state index contributed by atoms with van der Waals surface area (Å²) >= 11 is 0. The molecule has 138 valence electrons. The summed E-state index contributed by atoms with van der Waals surface area (Å²) in [7, 11) is 0. The normalized spacial score (nSPS) is 16.3. The quantitative estimate of drug-likeness (QED) is 0.718. The van der Waals surface area contributed by atoms with E-state index in [-0.39, 0.29) is 12.2 Å². The SMILES string of the molecule is CCC1CCCNc2nc(CC(=O)c3ccccc3)ncc2-n2cnnc21. The minimum absolute atomic E-state index is 0.00894. The van der Waals surface area contributed by atoms with E-state index in [1.54, 1.807) is 12.5 Å². The van der Waals surface area contributed by atoms with Gasteiger partial charge in [0.15, 0.2) is 11.6 Å². The van der Waals surface area contributed by atoms with E-state index in [1.165, 1.54) is 0 Å². The third kappa shape index (κ3) is 3.58. The molecule has 7 heteroatoms. The molecule has 3 aromatic rings. The zero-order chi connectivity index (χ0) is 18.6. The van der Waals surface area contributed by atoms with Crippen molar-refractivity contribution in [3.05, 3.63) is 60.1 Å². The number of aromatic nitrogens is 5. The van der Waals surface area contributed by atoms with Gasteiger partial charge in [-0.25, -0.2) is 9.97 Å². The molecule has 3 heterocycles. The van der Waals surface area contributed by atoms with E-state index in [0.29, 0.717) is 17.3 Å². The summed E-state index contributed by atoms with van der Waals surface area (Å²) in [6.07, 6.45) is 6.72. The third-order valence-corrected chi connectivity index (χ3v) is 4.95. The fourth-order valence-electron chi connectivity index (χ4n) is 3.45. The summed E-state index contributed by atoms with van der Waals surface area (Å²) in [6, 6.07) is 9.24. The van der Waals surface area contributed by atoms with Crippen LogP contribution in [0.4, 0.5) is 5.82 Å². The van der Waals surface area contributed by atoms with Gasteiger partial charge in [0, 0.05) is 18.0 Å². The molecule has 0 saturated heterocycles. The Morgan fingerprint density at radius 3 is 2.96 bits per heavy atom. The molecule has 0 bridgehead atoms. The number of carbonyl (C=O) groups is 1. The van der Waals surface area contributed by atoms with Crippen molar-refractivity contribution in [1.29, 1.82) is 0 Å². The van der Waals surface area contributed by atoms with Crippen molar-refractivity contribution in [2.24, 2.45) is 0 Å². The van der Waals surface area contributed by atoms with Crippen molar-refractivity contribution in [1.82, 2.24) is 24.7 Å². The van der Waals surface area contributed by atoms with Gasteiger partial charge < -0.3 is 5.32 Å². The lowest BCUT2D eigenvalue weighted by molar-refractivity contribution is 0.0991. The van der Waals surface area contributed by atoms with Gasteiger partial charge in [0.25, 0.3) is 0 Å². The Morgan fingerprint density at radius 2 is 2.15 bits per heavy atom. The maximum atomic E-state index is 12.5. The Bertz CT molecular complexity index is 937. The number of benzene rings is 1. The average molecular weight is 362 g/mol. The molecule has 0 aliphatic carbocycles. The maximum Gasteiger partial charge on any atom is 0.170 e. The van der Waals surface area contributed by atoms with Crippen LogP contribution in [0.25, 0.3) is 5.69 Å². The molecule has 2 aromatic heterocycles. The second-order valence-corrected chi connectivity index (χ2v) is 6.72. The topological polar surface area (TPSA) is 85.6 Å². The molecule has 27 heavy (non-hydrogen) atoms. The lowest BCUT2D eigenvalue weighted by atomic mass is 9.99. The largest absolute Gasteiger partial charge is 0.368 e. The molecule has 0 amide bonds. The molecule has 1 aromatic carbocycles. The van der Waals surface area contributed by atoms with Crippen molar-refractivity contribution in [3.63, 3.8) is 0 Å². The summed E-state index contributed by atoms with van der Waals surface area (Å²) in [5.41, 5.74) is 1.50. The molecule has 0 spiro atoms. The zero-order valence-electron chi connectivity index (χ0n) is 15.3. The van der Waals surface area contributed by atoms with Crippen molar-refractivity contribution in [2.45, 2.75) is 38.5 Å². The predicted molar refractivity (Wildman–Crippen MR) is 102 cm³/mol. The second kappa shape index (κ2) is 7.65. The Hall–Kier alpha value is -3.09. The number of fused-ring (bicyclic) bond motifs is 3. The first kappa shape index (κ1) is 17.3. The maximum absolute atomic E-state index is 12.5. The highest BCUT2D eigenvalue weighted by Gasteiger charge is 2.22. The van der Waals surface area contributed by atoms with Crippen LogP contribution in [-0.4, -0.2) is 37.1 Å². The van der Waals surface area contributed by atoms with Crippen molar-refractivity contribution < 1.29 is 4.79 Å². The number of ketones is 1. The summed E-state index contributed by atoms with van der Waals surface area (Å²) in [4.78, 5) is 21.5. The van der Waals surface area contributed by atoms with Crippen LogP contribution >= 0.6 is 0 Å². The van der Waals surface area contributed by atoms with Crippen molar-refractivity contribution in [3.8, 4) is 5.69 Å². The summed E-state index contributed by atoms with van der Waals surface area (Å²) in [5.74, 6) is 2.54. The highest BCUT2D eigenvalue weighted by Crippen LogP contribution is 2.29. The lowest BCUT2D eigenvalue weighted by Crippen LogP contribution is -2.12. The summed E-state index contributed by atoms with van der Waals surface area (Å²) in [6.45, 7) is 3.00. The number of nitrogens with one attached hydrogen (secondary N) is 1. The smallest absolute Gasteiger partial charge is 0.170 e. The first-order valence-electron chi connectivity index (χ1n) is 9.34. The third-order valence-electron chi connectivity index (χ3n) is 4.95. The lowest BCUT2D eigenvalue weighted by Gasteiger charge is -2.14. The van der Waals surface area contributed by atoms with Crippen molar-refractivity contribution >= 4 is 11.6 Å². The molecule has 7 nitrogen and oxygen atoms in total. The van der Waals surface area contributed by atoms with Crippen LogP contribution in [0.5, 0.6) is 0 Å². The molecule has 0 radical (unpaired) electrons. The van der Waals surface area contributed by atoms with Crippen LogP contribution in [0.3, 0.4) is 0 Å². The van der Waals surface area contributed by atoms with Gasteiger partial charge in [0.1, 0.15) is 23.7 Å². The van der Waals surface area contributed by atoms with Gasteiger partial charge in [-0.3, -0.25) is 9.36 Å². The van der Waals surface area contributed by atoms with E-state index >= 15 is 0 Å². The standard InChI is InChI=1S/C20H22N6O/c1-2-14-9-6-10-21-19-16(26-13-23-25-20(14)26)12-22-18(24-19)11-17(27)15-7-4-3-5-8-15/h3-5,7-8,12-14H,2,6,9-11H2,1H3,(H,21,22,24). The van der Waals surface area contributed by atoms with E-state index < -0.39 is 0 Å². The second-order valence-electron chi connectivity index (χ2n) is 6.72. The molecule has 1 aliphatic heterocycles. The van der Waals surface area contributed by atoms with Gasteiger partial charge in [0.05, 0.1) is 12.6 Å². The number of Topliss-reactive ketones (excluding diaryl/α,β-unsaturated/α-hetero) is 1. The number of hydrogen-bond donors (Lipinski definition) is 1. The molecule has 1 atom stereocenters. The minimum Gasteiger partial charge on any atom is -0.368 e. The first-order chi connectivity index (χ1) is 13.3. The Labute approximate surface area is 157 Å². The van der Waals surface area contributed by atoms with Gasteiger partial charge >= 0.3 is 0 Å². The van der Waals surface area contributed by atoms with E-state index in [9.17, 15) is 4.79 Å². The van der Waals surface area contributed by atoms with Crippen LogP contribution in [0, 0.1) is 0 Å². The minimum atomic E-state index is 0.00894. The van der Waals surface area contributed by atoms with Gasteiger partial charge in [0.2, 0.25) is 0 Å². The number of rotatable bonds is 4. The fraction of sp³-hybridized carbons (Fsp3) is 0.350. The van der Waals surface area contributed by atoms with Crippen molar-refractivity contribution in [2.75, 3.05) is 11.9 Å². The average Bonchev–Trinajstić information content (AvgIpc) is 3.19. The number of carbonyl (C=O) groups excluding carboxylic acids is 1. The molecule has 1 aliphatic rings. The summed E-state index contributed by atoms with van der Waals surface area (Å²) in [5, 5.41) is 11.8. The predicted octanol–water partition coefficient (Wildman–Crippen LogP) is 3.18. The fourth-order valence-corrected chi connectivity index (χ4v) is 3.45. The first-order valence-corrected chi connectivity index (χ1v) is 9.34. The molecule has 1 N–H and O–H groups in total. The molecule has 4 rings (SSSR count). The van der Waals surface area contributed by atoms with Crippen LogP contribution in [0.15, 0.2) is 42.9 Å². The van der Waals surface area contributed by atoms with Gasteiger partial charge in [-0.2, -0.15) is 0 Å². The Balaban J connectivity index is 1.66. The summed E-state index contributed by atoms with van der Waals surface area (Å²) < 4.78 is 1.96. The van der Waals surface area contributed by atoms with Crippen LogP contribution < -0.4 is 5.32 Å². The van der Waals surface area contributed by atoms with E-state index in [4.69, 9.17) is 0 Å². The highest BCUT2D eigenvalue weighted by atomic mass is 16.1.